The molecule has 2 nitrogen and oxygen atoms in total. The second-order valence-corrected chi connectivity index (χ2v) is 4.28. The molecule has 0 aliphatic heterocycles. The Bertz CT molecular complexity index is 545. The van der Waals surface area contributed by atoms with Gasteiger partial charge < -0.3 is 5.11 Å². The van der Waals surface area contributed by atoms with Gasteiger partial charge in [-0.3, -0.25) is 4.98 Å². The normalized spacial score (nSPS) is 12.4. The van der Waals surface area contributed by atoms with Crippen LogP contribution < -0.4 is 0 Å². The van der Waals surface area contributed by atoms with Gasteiger partial charge >= 0.3 is 0 Å². The van der Waals surface area contributed by atoms with E-state index in [9.17, 15) is 13.9 Å². The molecule has 1 N–H and O–H groups in total. The molecule has 0 fully saturated rings. The molecule has 0 amide bonds. The van der Waals surface area contributed by atoms with E-state index in [1.54, 1.807) is 6.07 Å². The van der Waals surface area contributed by atoms with E-state index in [0.29, 0.717) is 11.3 Å². The molecule has 0 aliphatic rings. The van der Waals surface area contributed by atoms with E-state index in [4.69, 9.17) is 11.6 Å². The van der Waals surface area contributed by atoms with Crippen LogP contribution in [0.25, 0.3) is 0 Å². The quantitative estimate of drug-likeness (QED) is 0.927. The second-order valence-electron chi connectivity index (χ2n) is 3.87. The zero-order valence-electron chi connectivity index (χ0n) is 9.28. The first-order valence-electron chi connectivity index (χ1n) is 5.29. The van der Waals surface area contributed by atoms with Gasteiger partial charge in [-0.05, 0) is 29.8 Å². The molecule has 1 aromatic heterocycles. The van der Waals surface area contributed by atoms with Gasteiger partial charge in [-0.15, -0.1) is 0 Å². The zero-order valence-corrected chi connectivity index (χ0v) is 10.0. The lowest BCUT2D eigenvalue weighted by Gasteiger charge is -2.10. The van der Waals surface area contributed by atoms with Crippen LogP contribution in [-0.4, -0.2) is 10.1 Å². The first-order chi connectivity index (χ1) is 8.56. The van der Waals surface area contributed by atoms with Crippen molar-refractivity contribution in [3.63, 3.8) is 0 Å². The Morgan fingerprint density at radius 1 is 1.22 bits per heavy atom. The van der Waals surface area contributed by atoms with Crippen molar-refractivity contribution >= 4 is 11.6 Å². The number of benzene rings is 1. The predicted molar refractivity (Wildman–Crippen MR) is 64.3 cm³/mol. The number of nitrogens with zero attached hydrogens (tertiary/aromatic N) is 1. The predicted octanol–water partition coefficient (Wildman–Crippen LogP) is 3.29. The van der Waals surface area contributed by atoms with Crippen LogP contribution in [0.15, 0.2) is 36.5 Å². The summed E-state index contributed by atoms with van der Waals surface area (Å²) in [6.07, 6.45) is 0.305. The van der Waals surface area contributed by atoms with Crippen LogP contribution in [-0.2, 0) is 6.42 Å². The van der Waals surface area contributed by atoms with Gasteiger partial charge in [0.25, 0.3) is 0 Å². The Balaban J connectivity index is 2.13. The number of aliphatic hydroxyl groups excluding tert-OH is 1. The number of pyridine rings is 1. The van der Waals surface area contributed by atoms with Crippen molar-refractivity contribution in [1.82, 2.24) is 4.98 Å². The van der Waals surface area contributed by atoms with E-state index in [0.717, 1.165) is 6.20 Å². The molecular weight excluding hydrogens is 260 g/mol. The Labute approximate surface area is 108 Å². The summed E-state index contributed by atoms with van der Waals surface area (Å²) < 4.78 is 25.9. The van der Waals surface area contributed by atoms with Gasteiger partial charge in [0.2, 0.25) is 0 Å². The fourth-order valence-corrected chi connectivity index (χ4v) is 1.70. The minimum absolute atomic E-state index is 0.0353. The Morgan fingerprint density at radius 3 is 2.61 bits per heavy atom. The molecular formula is C13H10ClF2NO. The first kappa shape index (κ1) is 12.9. The van der Waals surface area contributed by atoms with E-state index in [2.05, 4.69) is 4.98 Å². The van der Waals surface area contributed by atoms with Crippen LogP contribution in [0.4, 0.5) is 8.78 Å². The standard InChI is InChI=1S/C13H10ClF2NO/c14-10-3-1-8(5-11(10)16)6-13(18)12-4-2-9(15)7-17-12/h1-5,7,13,18H,6H2. The van der Waals surface area contributed by atoms with Crippen LogP contribution >= 0.6 is 11.6 Å². The SMILES string of the molecule is OC(Cc1ccc(Cl)c(F)c1)c1ccc(F)cn1. The van der Waals surface area contributed by atoms with E-state index in [1.165, 1.54) is 24.3 Å². The van der Waals surface area contributed by atoms with Crippen LogP contribution in [0.2, 0.25) is 5.02 Å². The summed E-state index contributed by atoms with van der Waals surface area (Å²) >= 11 is 5.56. The summed E-state index contributed by atoms with van der Waals surface area (Å²) in [5.74, 6) is -1.00. The number of aromatic nitrogens is 1. The Morgan fingerprint density at radius 2 is 2.00 bits per heavy atom. The maximum Gasteiger partial charge on any atom is 0.142 e. The van der Waals surface area contributed by atoms with Gasteiger partial charge in [0, 0.05) is 6.42 Å². The molecule has 2 rings (SSSR count). The number of aliphatic hydroxyl groups is 1. The summed E-state index contributed by atoms with van der Waals surface area (Å²) in [5, 5.41) is 9.92. The number of hydrogen-bond acceptors (Lipinski definition) is 2. The van der Waals surface area contributed by atoms with Gasteiger partial charge in [0.05, 0.1) is 23.0 Å². The molecule has 1 atom stereocenters. The highest BCUT2D eigenvalue weighted by molar-refractivity contribution is 6.30. The Kier molecular flexibility index (Phi) is 3.89. The van der Waals surface area contributed by atoms with Crippen molar-refractivity contribution in [3.8, 4) is 0 Å². The number of rotatable bonds is 3. The van der Waals surface area contributed by atoms with Crippen molar-refractivity contribution < 1.29 is 13.9 Å². The van der Waals surface area contributed by atoms with Gasteiger partial charge in [0.15, 0.2) is 0 Å². The van der Waals surface area contributed by atoms with E-state index in [1.807, 2.05) is 0 Å². The lowest BCUT2D eigenvalue weighted by atomic mass is 10.1. The third-order valence-corrected chi connectivity index (χ3v) is 2.81. The third-order valence-electron chi connectivity index (χ3n) is 2.50. The number of halogens is 3. The van der Waals surface area contributed by atoms with Gasteiger partial charge in [0.1, 0.15) is 11.6 Å². The molecule has 5 heteroatoms. The van der Waals surface area contributed by atoms with E-state index in [-0.39, 0.29) is 11.4 Å². The average molecular weight is 270 g/mol. The summed E-state index contributed by atoms with van der Waals surface area (Å²) in [5.41, 5.74) is 0.933. The Hall–Kier alpha value is -1.52. The molecule has 1 heterocycles. The molecule has 1 aromatic carbocycles. The smallest absolute Gasteiger partial charge is 0.142 e. The van der Waals surface area contributed by atoms with Crippen molar-refractivity contribution in [2.45, 2.75) is 12.5 Å². The van der Waals surface area contributed by atoms with Crippen molar-refractivity contribution in [1.29, 1.82) is 0 Å². The van der Waals surface area contributed by atoms with Gasteiger partial charge in [-0.1, -0.05) is 17.7 Å². The van der Waals surface area contributed by atoms with E-state index >= 15 is 0 Å². The molecule has 0 aliphatic carbocycles. The lowest BCUT2D eigenvalue weighted by molar-refractivity contribution is 0.173. The summed E-state index contributed by atoms with van der Waals surface area (Å²) in [6.45, 7) is 0. The van der Waals surface area contributed by atoms with Crippen molar-refractivity contribution in [2.24, 2.45) is 0 Å². The average Bonchev–Trinajstić information content (AvgIpc) is 2.34. The largest absolute Gasteiger partial charge is 0.386 e. The molecule has 0 radical (unpaired) electrons. The monoisotopic (exact) mass is 269 g/mol. The van der Waals surface area contributed by atoms with E-state index < -0.39 is 17.7 Å². The molecule has 94 valence electrons. The van der Waals surface area contributed by atoms with Crippen LogP contribution in [0.5, 0.6) is 0 Å². The maximum atomic E-state index is 13.2. The lowest BCUT2D eigenvalue weighted by Crippen LogP contribution is -2.04. The van der Waals surface area contributed by atoms with Crippen molar-refractivity contribution in [2.75, 3.05) is 0 Å². The summed E-state index contributed by atoms with van der Waals surface area (Å²) in [7, 11) is 0. The van der Waals surface area contributed by atoms with Crippen LogP contribution in [0.1, 0.15) is 17.4 Å². The fourth-order valence-electron chi connectivity index (χ4n) is 1.58. The fraction of sp³-hybridized carbons (Fsp3) is 0.154. The van der Waals surface area contributed by atoms with Crippen molar-refractivity contribution in [3.05, 3.63) is 64.4 Å². The molecule has 0 spiro atoms. The van der Waals surface area contributed by atoms with Gasteiger partial charge in [-0.2, -0.15) is 0 Å². The maximum absolute atomic E-state index is 13.2. The summed E-state index contributed by atoms with van der Waals surface area (Å²) in [6, 6.07) is 6.92. The zero-order chi connectivity index (χ0) is 13.1. The van der Waals surface area contributed by atoms with Crippen LogP contribution in [0, 0.1) is 11.6 Å². The highest BCUT2D eigenvalue weighted by Gasteiger charge is 2.11. The minimum Gasteiger partial charge on any atom is -0.386 e. The molecule has 1 unspecified atom stereocenters. The van der Waals surface area contributed by atoms with Crippen LogP contribution in [0.3, 0.4) is 0 Å². The minimum atomic E-state index is -0.911. The van der Waals surface area contributed by atoms with Gasteiger partial charge in [-0.25, -0.2) is 8.78 Å². The number of hydrogen-bond donors (Lipinski definition) is 1. The first-order valence-corrected chi connectivity index (χ1v) is 5.67. The highest BCUT2D eigenvalue weighted by Crippen LogP contribution is 2.20. The topological polar surface area (TPSA) is 33.1 Å². The third kappa shape index (κ3) is 3.03. The molecule has 0 bridgehead atoms. The molecule has 0 saturated heterocycles. The molecule has 0 saturated carbocycles. The molecule has 2 aromatic rings. The second kappa shape index (κ2) is 5.42. The highest BCUT2D eigenvalue weighted by atomic mass is 35.5. The summed E-state index contributed by atoms with van der Waals surface area (Å²) in [4.78, 5) is 3.77. The molecule has 18 heavy (non-hydrogen) atoms.